The average Bonchev–Trinajstić information content (AvgIpc) is 2.70. The Morgan fingerprint density at radius 1 is 1.41 bits per heavy atom. The molecular formula is C15H23N3O3S. The molecule has 7 heteroatoms. The van der Waals surface area contributed by atoms with E-state index in [0.29, 0.717) is 18.3 Å². The number of amides is 2. The zero-order valence-electron chi connectivity index (χ0n) is 13.3. The molecule has 0 radical (unpaired) electrons. The number of carbonyl (C=O) groups is 2. The van der Waals surface area contributed by atoms with Crippen molar-refractivity contribution in [2.75, 3.05) is 32.1 Å². The summed E-state index contributed by atoms with van der Waals surface area (Å²) in [5.41, 5.74) is 0.919. The van der Waals surface area contributed by atoms with Gasteiger partial charge in [-0.3, -0.25) is 9.59 Å². The third-order valence-corrected chi connectivity index (χ3v) is 4.93. The Kier molecular flexibility index (Phi) is 5.90. The first-order valence-electron chi connectivity index (χ1n) is 7.53. The first-order valence-corrected chi connectivity index (χ1v) is 8.34. The van der Waals surface area contributed by atoms with Gasteiger partial charge in [0.25, 0.3) is 0 Å². The summed E-state index contributed by atoms with van der Waals surface area (Å²) in [4.78, 5) is 31.5. The van der Waals surface area contributed by atoms with E-state index in [1.807, 2.05) is 13.8 Å². The molecule has 2 amide bonds. The number of carbonyl (C=O) groups excluding carboxylic acids is 2. The molecular weight excluding hydrogens is 302 g/mol. The van der Waals surface area contributed by atoms with Gasteiger partial charge in [-0.25, -0.2) is 4.98 Å². The number of ether oxygens (including phenoxy) is 1. The Bertz CT molecular complexity index is 521. The first-order chi connectivity index (χ1) is 10.5. The van der Waals surface area contributed by atoms with Gasteiger partial charge in [0.15, 0.2) is 5.13 Å². The van der Waals surface area contributed by atoms with Crippen molar-refractivity contribution >= 4 is 28.3 Å². The fourth-order valence-electron chi connectivity index (χ4n) is 2.24. The molecule has 2 rings (SSSR count). The summed E-state index contributed by atoms with van der Waals surface area (Å²) in [6.45, 7) is 4.80. The zero-order chi connectivity index (χ0) is 16.1. The molecule has 0 unspecified atom stereocenters. The van der Waals surface area contributed by atoms with E-state index in [9.17, 15) is 9.59 Å². The summed E-state index contributed by atoms with van der Waals surface area (Å²) in [5.74, 6) is -0.0727. The van der Waals surface area contributed by atoms with Crippen molar-refractivity contribution in [3.63, 3.8) is 0 Å². The maximum atomic E-state index is 12.4. The molecule has 0 aliphatic heterocycles. The highest BCUT2D eigenvalue weighted by molar-refractivity contribution is 7.15. The molecule has 0 spiro atoms. The second-order valence-corrected chi connectivity index (χ2v) is 6.79. The molecule has 0 bridgehead atoms. The van der Waals surface area contributed by atoms with Gasteiger partial charge in [-0.15, -0.1) is 11.3 Å². The average molecular weight is 325 g/mol. The minimum atomic E-state index is -0.211. The van der Waals surface area contributed by atoms with Crippen LogP contribution in [0.25, 0.3) is 0 Å². The van der Waals surface area contributed by atoms with Gasteiger partial charge in [0.2, 0.25) is 11.8 Å². The number of aryl methyl sites for hydroxylation is 2. The minimum absolute atomic E-state index is 0.0520. The Labute approximate surface area is 134 Å². The first kappa shape index (κ1) is 16.9. The lowest BCUT2D eigenvalue weighted by atomic mass is 9.84. The lowest BCUT2D eigenvalue weighted by molar-refractivity contribution is -0.141. The van der Waals surface area contributed by atoms with Gasteiger partial charge < -0.3 is 15.0 Å². The molecule has 1 aromatic heterocycles. The van der Waals surface area contributed by atoms with Crippen LogP contribution in [0.15, 0.2) is 0 Å². The lowest BCUT2D eigenvalue weighted by Crippen LogP contribution is -2.44. The SMILES string of the molecule is COCCN(CC(=O)Nc1nc(C)c(C)s1)C(=O)C1CCC1. The molecule has 1 fully saturated rings. The van der Waals surface area contributed by atoms with Gasteiger partial charge in [0, 0.05) is 24.4 Å². The molecule has 22 heavy (non-hydrogen) atoms. The van der Waals surface area contributed by atoms with Gasteiger partial charge in [-0.05, 0) is 26.7 Å². The van der Waals surface area contributed by atoms with Gasteiger partial charge in [-0.2, -0.15) is 0 Å². The van der Waals surface area contributed by atoms with Crippen molar-refractivity contribution in [3.05, 3.63) is 10.6 Å². The van der Waals surface area contributed by atoms with Gasteiger partial charge in [0.1, 0.15) is 6.54 Å². The molecule has 0 atom stereocenters. The van der Waals surface area contributed by atoms with Crippen molar-refractivity contribution in [1.82, 2.24) is 9.88 Å². The van der Waals surface area contributed by atoms with Gasteiger partial charge >= 0.3 is 0 Å². The monoisotopic (exact) mass is 325 g/mol. The van der Waals surface area contributed by atoms with E-state index in [0.717, 1.165) is 29.8 Å². The highest BCUT2D eigenvalue weighted by Crippen LogP contribution is 2.28. The molecule has 1 aromatic rings. The predicted molar refractivity (Wildman–Crippen MR) is 86.0 cm³/mol. The topological polar surface area (TPSA) is 71.5 Å². The largest absolute Gasteiger partial charge is 0.383 e. The fraction of sp³-hybridized carbons (Fsp3) is 0.667. The van der Waals surface area contributed by atoms with Crippen LogP contribution in [0.1, 0.15) is 29.8 Å². The highest BCUT2D eigenvalue weighted by atomic mass is 32.1. The second-order valence-electron chi connectivity index (χ2n) is 5.59. The van der Waals surface area contributed by atoms with E-state index in [1.54, 1.807) is 12.0 Å². The van der Waals surface area contributed by atoms with Crippen LogP contribution in [0.2, 0.25) is 0 Å². The number of methoxy groups -OCH3 is 1. The summed E-state index contributed by atoms with van der Waals surface area (Å²) < 4.78 is 5.04. The lowest BCUT2D eigenvalue weighted by Gasteiger charge is -2.31. The van der Waals surface area contributed by atoms with Crippen LogP contribution < -0.4 is 5.32 Å². The maximum Gasteiger partial charge on any atom is 0.245 e. The molecule has 1 aliphatic rings. The maximum absolute atomic E-state index is 12.4. The van der Waals surface area contributed by atoms with E-state index in [4.69, 9.17) is 4.74 Å². The van der Waals surface area contributed by atoms with Crippen LogP contribution in [0.4, 0.5) is 5.13 Å². The van der Waals surface area contributed by atoms with Crippen molar-refractivity contribution in [1.29, 1.82) is 0 Å². The number of hydrogen-bond donors (Lipinski definition) is 1. The highest BCUT2D eigenvalue weighted by Gasteiger charge is 2.30. The molecule has 0 saturated heterocycles. The molecule has 1 saturated carbocycles. The quantitative estimate of drug-likeness (QED) is 0.832. The Morgan fingerprint density at radius 2 is 2.14 bits per heavy atom. The van der Waals surface area contributed by atoms with Crippen LogP contribution in [0, 0.1) is 19.8 Å². The van der Waals surface area contributed by atoms with Crippen LogP contribution >= 0.6 is 11.3 Å². The minimum Gasteiger partial charge on any atom is -0.383 e. The standard InChI is InChI=1S/C15H23N3O3S/c1-10-11(2)22-15(16-10)17-13(19)9-18(7-8-21-3)14(20)12-5-4-6-12/h12H,4-9H2,1-3H3,(H,16,17,19). The number of nitrogens with zero attached hydrogens (tertiary/aromatic N) is 2. The van der Waals surface area contributed by atoms with Crippen LogP contribution in [0.5, 0.6) is 0 Å². The van der Waals surface area contributed by atoms with Crippen molar-refractivity contribution < 1.29 is 14.3 Å². The van der Waals surface area contributed by atoms with Gasteiger partial charge in [-0.1, -0.05) is 6.42 Å². The van der Waals surface area contributed by atoms with Crippen molar-refractivity contribution in [2.45, 2.75) is 33.1 Å². The summed E-state index contributed by atoms with van der Waals surface area (Å²) in [7, 11) is 1.59. The smallest absolute Gasteiger partial charge is 0.245 e. The van der Waals surface area contributed by atoms with Crippen LogP contribution in [-0.4, -0.2) is 48.5 Å². The Morgan fingerprint density at radius 3 is 2.64 bits per heavy atom. The number of hydrogen-bond acceptors (Lipinski definition) is 5. The van der Waals surface area contributed by atoms with E-state index in [2.05, 4.69) is 10.3 Å². The summed E-state index contributed by atoms with van der Waals surface area (Å²) in [6, 6.07) is 0. The van der Waals surface area contributed by atoms with E-state index >= 15 is 0 Å². The number of nitrogens with one attached hydrogen (secondary N) is 1. The molecule has 0 aromatic carbocycles. The zero-order valence-corrected chi connectivity index (χ0v) is 14.2. The van der Waals surface area contributed by atoms with E-state index in [1.165, 1.54) is 11.3 Å². The molecule has 6 nitrogen and oxygen atoms in total. The molecule has 1 heterocycles. The van der Waals surface area contributed by atoms with Gasteiger partial charge in [0.05, 0.1) is 12.3 Å². The molecule has 122 valence electrons. The van der Waals surface area contributed by atoms with Crippen LogP contribution in [0.3, 0.4) is 0 Å². The summed E-state index contributed by atoms with van der Waals surface area (Å²) >= 11 is 1.45. The van der Waals surface area contributed by atoms with E-state index in [-0.39, 0.29) is 24.3 Å². The third-order valence-electron chi connectivity index (χ3n) is 3.94. The Balaban J connectivity index is 1.92. The molecule has 1 N–H and O–H groups in total. The van der Waals surface area contributed by atoms with Crippen molar-refractivity contribution in [2.24, 2.45) is 5.92 Å². The summed E-state index contributed by atoms with van der Waals surface area (Å²) in [6.07, 6.45) is 2.95. The number of thiazole rings is 1. The number of aromatic nitrogens is 1. The van der Waals surface area contributed by atoms with Crippen molar-refractivity contribution in [3.8, 4) is 0 Å². The third kappa shape index (κ3) is 4.27. The second kappa shape index (κ2) is 7.69. The Hall–Kier alpha value is -1.47. The molecule has 1 aliphatic carbocycles. The van der Waals surface area contributed by atoms with Crippen LogP contribution in [-0.2, 0) is 14.3 Å². The van der Waals surface area contributed by atoms with E-state index < -0.39 is 0 Å². The predicted octanol–water partition coefficient (Wildman–Crippen LogP) is 1.97. The number of anilines is 1. The fourth-order valence-corrected chi connectivity index (χ4v) is 3.07. The summed E-state index contributed by atoms with van der Waals surface area (Å²) in [5, 5.41) is 3.36. The number of rotatable bonds is 7. The normalized spacial score (nSPS) is 14.5.